The molecular weight excluding hydrogens is 378 g/mol. The van der Waals surface area contributed by atoms with Gasteiger partial charge < -0.3 is 19.7 Å². The van der Waals surface area contributed by atoms with Crippen molar-refractivity contribution in [3.05, 3.63) is 53.6 Å². The summed E-state index contributed by atoms with van der Waals surface area (Å²) in [4.78, 5) is 17.5. The van der Waals surface area contributed by atoms with Crippen molar-refractivity contribution in [1.29, 1.82) is 0 Å². The summed E-state index contributed by atoms with van der Waals surface area (Å²) in [5.74, 6) is 1.45. The summed E-state index contributed by atoms with van der Waals surface area (Å²) in [6, 6.07) is 13.7. The molecule has 1 N–H and O–H groups in total. The monoisotopic (exact) mass is 411 g/mol. The third-order valence-corrected chi connectivity index (χ3v) is 5.82. The van der Waals surface area contributed by atoms with Gasteiger partial charge in [-0.3, -0.25) is 4.90 Å². The zero-order chi connectivity index (χ0) is 21.5. The molecule has 2 aromatic carbocycles. The molecule has 1 atom stereocenters. The van der Waals surface area contributed by atoms with Gasteiger partial charge in [0.2, 0.25) is 0 Å². The number of carbonyl (C=O) groups is 1. The zero-order valence-electron chi connectivity index (χ0n) is 18.5. The highest BCUT2D eigenvalue weighted by Crippen LogP contribution is 2.35. The number of nitrogens with one attached hydrogen (secondary N) is 1. The molecule has 0 aromatic heterocycles. The average molecular weight is 412 g/mol. The van der Waals surface area contributed by atoms with Crippen LogP contribution in [0.15, 0.2) is 42.5 Å². The molecule has 1 aliphatic rings. The van der Waals surface area contributed by atoms with Crippen molar-refractivity contribution in [3.63, 3.8) is 0 Å². The Labute approximate surface area is 179 Å². The minimum absolute atomic E-state index is 0.0673. The molecule has 1 unspecified atom stereocenters. The summed E-state index contributed by atoms with van der Waals surface area (Å²) in [6.45, 7) is 8.06. The van der Waals surface area contributed by atoms with Gasteiger partial charge in [0.05, 0.1) is 20.3 Å². The normalized spacial score (nSPS) is 16.1. The van der Waals surface area contributed by atoms with Crippen LogP contribution in [-0.2, 0) is 6.42 Å². The molecule has 0 spiro atoms. The van der Waals surface area contributed by atoms with Gasteiger partial charge in [0.1, 0.15) is 11.5 Å². The molecule has 0 saturated heterocycles. The number of carbonyl (C=O) groups excluding carboxylic acids is 1. The number of nitrogens with zero attached hydrogens (tertiary/aromatic N) is 2. The maximum Gasteiger partial charge on any atom is 0.322 e. The number of rotatable bonds is 9. The van der Waals surface area contributed by atoms with Crippen LogP contribution in [0.5, 0.6) is 11.5 Å². The average Bonchev–Trinajstić information content (AvgIpc) is 2.92. The Balaban J connectivity index is 1.86. The van der Waals surface area contributed by atoms with Crippen LogP contribution in [0.25, 0.3) is 0 Å². The molecule has 2 amide bonds. The fourth-order valence-electron chi connectivity index (χ4n) is 4.06. The molecule has 1 aliphatic heterocycles. The summed E-state index contributed by atoms with van der Waals surface area (Å²) in [5.41, 5.74) is 3.09. The number of anilines is 1. The lowest BCUT2D eigenvalue weighted by atomic mass is 9.97. The fourth-order valence-corrected chi connectivity index (χ4v) is 4.06. The number of methoxy groups -OCH3 is 2. The predicted molar refractivity (Wildman–Crippen MR) is 121 cm³/mol. The first-order valence-electron chi connectivity index (χ1n) is 10.7. The van der Waals surface area contributed by atoms with Crippen molar-refractivity contribution in [3.8, 4) is 11.5 Å². The molecule has 1 heterocycles. The van der Waals surface area contributed by atoms with Crippen molar-refractivity contribution in [2.45, 2.75) is 32.7 Å². The van der Waals surface area contributed by atoms with E-state index in [2.05, 4.69) is 30.1 Å². The number of urea groups is 1. The molecule has 162 valence electrons. The largest absolute Gasteiger partial charge is 0.497 e. The summed E-state index contributed by atoms with van der Waals surface area (Å²) in [5, 5.41) is 3.22. The maximum absolute atomic E-state index is 13.2. The third kappa shape index (κ3) is 4.87. The Morgan fingerprint density at radius 3 is 2.57 bits per heavy atom. The van der Waals surface area contributed by atoms with E-state index in [4.69, 9.17) is 9.47 Å². The van der Waals surface area contributed by atoms with Crippen LogP contribution < -0.4 is 19.7 Å². The highest BCUT2D eigenvalue weighted by Gasteiger charge is 2.29. The number of hydrogen-bond acceptors (Lipinski definition) is 4. The van der Waals surface area contributed by atoms with Crippen LogP contribution in [-0.4, -0.2) is 51.3 Å². The highest BCUT2D eigenvalue weighted by atomic mass is 16.5. The number of fused-ring (bicyclic) bond motifs is 1. The first-order chi connectivity index (χ1) is 14.6. The van der Waals surface area contributed by atoms with Gasteiger partial charge in [-0.15, -0.1) is 0 Å². The molecule has 6 nitrogen and oxygen atoms in total. The van der Waals surface area contributed by atoms with Crippen molar-refractivity contribution < 1.29 is 14.3 Å². The van der Waals surface area contributed by atoms with E-state index in [1.165, 1.54) is 0 Å². The van der Waals surface area contributed by atoms with Crippen LogP contribution >= 0.6 is 0 Å². The summed E-state index contributed by atoms with van der Waals surface area (Å²) in [6.07, 6.45) is 1.64. The summed E-state index contributed by atoms with van der Waals surface area (Å²) < 4.78 is 10.9. The maximum atomic E-state index is 13.2. The lowest BCUT2D eigenvalue weighted by Crippen LogP contribution is -2.41. The molecule has 6 heteroatoms. The lowest BCUT2D eigenvalue weighted by Gasteiger charge is -2.25. The first kappa shape index (κ1) is 22.0. The van der Waals surface area contributed by atoms with E-state index in [9.17, 15) is 4.79 Å². The van der Waals surface area contributed by atoms with Crippen LogP contribution in [0.3, 0.4) is 0 Å². The van der Waals surface area contributed by atoms with Crippen LogP contribution in [0.2, 0.25) is 0 Å². The van der Waals surface area contributed by atoms with Gasteiger partial charge in [0.25, 0.3) is 0 Å². The predicted octanol–water partition coefficient (Wildman–Crippen LogP) is 4.25. The topological polar surface area (TPSA) is 54.0 Å². The molecule has 0 radical (unpaired) electrons. The van der Waals surface area contributed by atoms with Crippen LogP contribution in [0, 0.1) is 0 Å². The first-order valence-corrected chi connectivity index (χ1v) is 10.7. The Morgan fingerprint density at radius 1 is 1.10 bits per heavy atom. The Kier molecular flexibility index (Phi) is 7.57. The van der Waals surface area contributed by atoms with Crippen molar-refractivity contribution in [2.24, 2.45) is 0 Å². The minimum Gasteiger partial charge on any atom is -0.497 e. The minimum atomic E-state index is -0.174. The Morgan fingerprint density at radius 2 is 1.87 bits per heavy atom. The zero-order valence-corrected chi connectivity index (χ0v) is 18.5. The number of hydrogen-bond donors (Lipinski definition) is 1. The Hall–Kier alpha value is -2.73. The molecule has 3 rings (SSSR count). The van der Waals surface area contributed by atoms with Gasteiger partial charge in [0, 0.05) is 23.9 Å². The number of benzene rings is 2. The van der Waals surface area contributed by atoms with Gasteiger partial charge in [-0.05, 0) is 56.2 Å². The van der Waals surface area contributed by atoms with Gasteiger partial charge in [0.15, 0.2) is 0 Å². The van der Waals surface area contributed by atoms with Gasteiger partial charge >= 0.3 is 6.03 Å². The third-order valence-electron chi connectivity index (χ3n) is 5.82. The van der Waals surface area contributed by atoms with E-state index >= 15 is 0 Å². The molecule has 0 saturated carbocycles. The SMILES string of the molecule is CCN(CC)CCCN1C(=O)NC(c2ccc(OC)cc2OC)Cc2ccccc21. The summed E-state index contributed by atoms with van der Waals surface area (Å²) in [7, 11) is 3.28. The van der Waals surface area contributed by atoms with Crippen molar-refractivity contribution in [1.82, 2.24) is 10.2 Å². The van der Waals surface area contributed by atoms with Crippen molar-refractivity contribution in [2.75, 3.05) is 45.3 Å². The second-order valence-corrected chi connectivity index (χ2v) is 7.47. The van der Waals surface area contributed by atoms with E-state index in [0.29, 0.717) is 18.7 Å². The highest BCUT2D eigenvalue weighted by molar-refractivity contribution is 5.94. The molecule has 0 bridgehead atoms. The van der Waals surface area contributed by atoms with Crippen LogP contribution in [0.1, 0.15) is 37.4 Å². The fraction of sp³-hybridized carbons (Fsp3) is 0.458. The van der Waals surface area contributed by atoms with E-state index in [0.717, 1.165) is 48.6 Å². The molecule has 30 heavy (non-hydrogen) atoms. The second kappa shape index (κ2) is 10.3. The molecular formula is C24H33N3O3. The quantitative estimate of drug-likeness (QED) is 0.670. The van der Waals surface area contributed by atoms with Crippen LogP contribution in [0.4, 0.5) is 10.5 Å². The van der Waals surface area contributed by atoms with Gasteiger partial charge in [-0.1, -0.05) is 32.0 Å². The molecule has 0 aliphatic carbocycles. The smallest absolute Gasteiger partial charge is 0.322 e. The van der Waals surface area contributed by atoms with E-state index in [-0.39, 0.29) is 12.1 Å². The summed E-state index contributed by atoms with van der Waals surface area (Å²) >= 11 is 0. The molecule has 2 aromatic rings. The van der Waals surface area contributed by atoms with Gasteiger partial charge in [-0.2, -0.15) is 0 Å². The van der Waals surface area contributed by atoms with E-state index < -0.39 is 0 Å². The lowest BCUT2D eigenvalue weighted by molar-refractivity contribution is 0.242. The molecule has 0 fully saturated rings. The van der Waals surface area contributed by atoms with E-state index in [1.54, 1.807) is 14.2 Å². The standard InChI is InChI=1S/C24H33N3O3/c1-5-26(6-2)14-9-15-27-22-11-8-7-10-18(22)16-21(25-24(27)28)20-13-12-19(29-3)17-23(20)30-4/h7-8,10-13,17,21H,5-6,9,14-16H2,1-4H3,(H,25,28). The number of para-hydroxylation sites is 1. The Bertz CT molecular complexity index is 851. The van der Waals surface area contributed by atoms with E-state index in [1.807, 2.05) is 41.3 Å². The van der Waals surface area contributed by atoms with Gasteiger partial charge in [-0.25, -0.2) is 4.79 Å². The second-order valence-electron chi connectivity index (χ2n) is 7.47. The number of amides is 2. The number of ether oxygens (including phenoxy) is 2. The van der Waals surface area contributed by atoms with Crippen molar-refractivity contribution >= 4 is 11.7 Å².